The van der Waals surface area contributed by atoms with Crippen LogP contribution in [0.4, 0.5) is 4.79 Å². The van der Waals surface area contributed by atoms with Crippen LogP contribution < -0.4 is 10.6 Å². The number of piperidine rings is 2. The molecule has 2 rings (SSSR count). The van der Waals surface area contributed by atoms with E-state index in [9.17, 15) is 14.7 Å². The van der Waals surface area contributed by atoms with Crippen molar-refractivity contribution in [1.29, 1.82) is 0 Å². The molecule has 2 amide bonds. The van der Waals surface area contributed by atoms with E-state index in [2.05, 4.69) is 10.6 Å². The van der Waals surface area contributed by atoms with Gasteiger partial charge in [-0.25, -0.2) is 4.79 Å². The summed E-state index contributed by atoms with van der Waals surface area (Å²) in [4.78, 5) is 25.9. The van der Waals surface area contributed by atoms with Crippen molar-refractivity contribution in [2.45, 2.75) is 70.2 Å². The molecule has 23 heavy (non-hydrogen) atoms. The number of aliphatic hydroxyl groups is 1. The van der Waals surface area contributed by atoms with Gasteiger partial charge >= 0.3 is 6.09 Å². The minimum absolute atomic E-state index is 0.00684. The molecule has 2 aliphatic heterocycles. The third-order valence-corrected chi connectivity index (χ3v) is 4.20. The van der Waals surface area contributed by atoms with Crippen LogP contribution in [-0.2, 0) is 9.53 Å². The Bertz CT molecular complexity index is 420. The minimum Gasteiger partial charge on any atom is -0.444 e. The fourth-order valence-electron chi connectivity index (χ4n) is 2.90. The number of carbonyl (C=O) groups excluding carboxylic acids is 2. The quantitative estimate of drug-likeness (QED) is 0.691. The molecule has 132 valence electrons. The second kappa shape index (κ2) is 7.49. The van der Waals surface area contributed by atoms with Crippen molar-refractivity contribution in [3.05, 3.63) is 0 Å². The van der Waals surface area contributed by atoms with E-state index in [1.54, 1.807) is 4.90 Å². The van der Waals surface area contributed by atoms with Gasteiger partial charge in [0.25, 0.3) is 0 Å². The first kappa shape index (κ1) is 18.0. The number of amides is 2. The highest BCUT2D eigenvalue weighted by atomic mass is 16.6. The van der Waals surface area contributed by atoms with Crippen LogP contribution >= 0.6 is 0 Å². The third kappa shape index (κ3) is 5.66. The molecule has 0 aliphatic carbocycles. The number of rotatable bonds is 2. The maximum atomic E-state index is 12.2. The lowest BCUT2D eigenvalue weighted by molar-refractivity contribution is -0.125. The average molecular weight is 327 g/mol. The number of ether oxygens (including phenoxy) is 1. The van der Waals surface area contributed by atoms with Gasteiger partial charge < -0.3 is 25.4 Å². The molecular formula is C16H29N3O4. The summed E-state index contributed by atoms with van der Waals surface area (Å²) < 4.78 is 5.36. The summed E-state index contributed by atoms with van der Waals surface area (Å²) in [6.45, 7) is 7.21. The third-order valence-electron chi connectivity index (χ3n) is 4.20. The van der Waals surface area contributed by atoms with Crippen molar-refractivity contribution in [2.75, 3.05) is 19.6 Å². The lowest BCUT2D eigenvalue weighted by Gasteiger charge is -2.34. The number of β-amino-alcohol motifs (C(OH)–C–C–N with tert-alkyl or cyclic N) is 1. The van der Waals surface area contributed by atoms with Gasteiger partial charge in [0.2, 0.25) is 5.91 Å². The Hall–Kier alpha value is -1.34. The number of hydrogen-bond acceptors (Lipinski definition) is 5. The zero-order valence-corrected chi connectivity index (χ0v) is 14.3. The van der Waals surface area contributed by atoms with Gasteiger partial charge in [0.05, 0.1) is 12.1 Å². The second-order valence-electron chi connectivity index (χ2n) is 7.44. The zero-order valence-electron chi connectivity index (χ0n) is 14.3. The SMILES string of the molecule is CC(C)(C)OC(=O)N1CCC(NC(=O)C2CC[C@H](O)CN2)CC1. The van der Waals surface area contributed by atoms with Crippen LogP contribution in [-0.4, -0.2) is 65.4 Å². The van der Waals surface area contributed by atoms with Crippen LogP contribution in [0.1, 0.15) is 46.5 Å². The van der Waals surface area contributed by atoms with Crippen LogP contribution in [0, 0.1) is 0 Å². The highest BCUT2D eigenvalue weighted by molar-refractivity contribution is 5.82. The Kier molecular flexibility index (Phi) is 5.86. The standard InChI is InChI=1S/C16H29N3O4/c1-16(2,3)23-15(22)19-8-6-11(7-9-19)18-14(21)13-5-4-12(20)10-17-13/h11-13,17,20H,4-10H2,1-3H3,(H,18,21)/t12-,13?/m0/s1. The molecule has 0 spiro atoms. The Labute approximate surface area is 137 Å². The van der Waals surface area contributed by atoms with Crippen molar-refractivity contribution >= 4 is 12.0 Å². The van der Waals surface area contributed by atoms with Crippen LogP contribution in [0.25, 0.3) is 0 Å². The lowest BCUT2D eigenvalue weighted by Crippen LogP contribution is -2.54. The number of nitrogens with one attached hydrogen (secondary N) is 2. The first-order valence-corrected chi connectivity index (χ1v) is 8.44. The molecule has 0 aromatic heterocycles. The molecule has 2 saturated heterocycles. The first-order valence-electron chi connectivity index (χ1n) is 8.44. The van der Waals surface area contributed by atoms with E-state index in [1.165, 1.54) is 0 Å². The lowest BCUT2D eigenvalue weighted by atomic mass is 10.0. The molecule has 7 heteroatoms. The smallest absolute Gasteiger partial charge is 0.410 e. The monoisotopic (exact) mass is 327 g/mol. The predicted octanol–water partition coefficient (Wildman–Crippen LogP) is 0.615. The Balaban J connectivity index is 1.72. The molecule has 2 aliphatic rings. The summed E-state index contributed by atoms with van der Waals surface area (Å²) >= 11 is 0. The molecule has 0 aromatic rings. The van der Waals surface area contributed by atoms with Crippen LogP contribution in [0.2, 0.25) is 0 Å². The molecule has 0 aromatic carbocycles. The largest absolute Gasteiger partial charge is 0.444 e. The predicted molar refractivity (Wildman–Crippen MR) is 86.0 cm³/mol. The molecule has 2 atom stereocenters. The number of likely N-dealkylation sites (tertiary alicyclic amines) is 1. The maximum Gasteiger partial charge on any atom is 0.410 e. The van der Waals surface area contributed by atoms with Gasteiger partial charge in [-0.15, -0.1) is 0 Å². The summed E-state index contributed by atoms with van der Waals surface area (Å²) in [6.07, 6.45) is 2.15. The van der Waals surface area contributed by atoms with Crippen LogP contribution in [0.5, 0.6) is 0 Å². The molecule has 0 bridgehead atoms. The molecule has 1 unspecified atom stereocenters. The first-order chi connectivity index (χ1) is 10.7. The normalized spacial score (nSPS) is 26.7. The summed E-state index contributed by atoms with van der Waals surface area (Å²) in [7, 11) is 0. The topological polar surface area (TPSA) is 90.9 Å². The Morgan fingerprint density at radius 1 is 1.17 bits per heavy atom. The maximum absolute atomic E-state index is 12.2. The number of carbonyl (C=O) groups is 2. The van der Waals surface area contributed by atoms with Crippen molar-refractivity contribution < 1.29 is 19.4 Å². The summed E-state index contributed by atoms with van der Waals surface area (Å²) in [5.74, 6) is -0.00684. The summed E-state index contributed by atoms with van der Waals surface area (Å²) in [5, 5.41) is 15.6. The molecule has 0 saturated carbocycles. The van der Waals surface area contributed by atoms with Crippen molar-refractivity contribution in [2.24, 2.45) is 0 Å². The molecule has 3 N–H and O–H groups in total. The number of aliphatic hydroxyl groups excluding tert-OH is 1. The second-order valence-corrected chi connectivity index (χ2v) is 7.44. The van der Waals surface area contributed by atoms with Crippen molar-refractivity contribution in [3.8, 4) is 0 Å². The number of hydrogen-bond donors (Lipinski definition) is 3. The summed E-state index contributed by atoms with van der Waals surface area (Å²) in [6, 6.07) is -0.128. The van der Waals surface area contributed by atoms with Crippen LogP contribution in [0.15, 0.2) is 0 Å². The Morgan fingerprint density at radius 3 is 2.35 bits per heavy atom. The van der Waals surface area contributed by atoms with E-state index in [1.807, 2.05) is 20.8 Å². The van der Waals surface area contributed by atoms with Gasteiger partial charge in [-0.1, -0.05) is 0 Å². The van der Waals surface area contributed by atoms with Gasteiger partial charge in [0.1, 0.15) is 5.60 Å². The van der Waals surface area contributed by atoms with E-state index in [0.29, 0.717) is 32.5 Å². The molecule has 7 nitrogen and oxygen atoms in total. The molecular weight excluding hydrogens is 298 g/mol. The van der Waals surface area contributed by atoms with E-state index in [-0.39, 0.29) is 30.2 Å². The van der Waals surface area contributed by atoms with Gasteiger partial charge in [0.15, 0.2) is 0 Å². The van der Waals surface area contributed by atoms with Crippen molar-refractivity contribution in [3.63, 3.8) is 0 Å². The van der Waals surface area contributed by atoms with E-state index in [4.69, 9.17) is 4.74 Å². The number of nitrogens with zero attached hydrogens (tertiary/aromatic N) is 1. The highest BCUT2D eigenvalue weighted by Gasteiger charge is 2.30. The van der Waals surface area contributed by atoms with E-state index in [0.717, 1.165) is 12.8 Å². The fraction of sp³-hybridized carbons (Fsp3) is 0.875. The van der Waals surface area contributed by atoms with Gasteiger partial charge in [0, 0.05) is 25.7 Å². The molecule has 2 fully saturated rings. The molecule has 0 radical (unpaired) electrons. The van der Waals surface area contributed by atoms with Gasteiger partial charge in [-0.05, 0) is 46.5 Å². The summed E-state index contributed by atoms with van der Waals surface area (Å²) in [5.41, 5.74) is -0.487. The zero-order chi connectivity index (χ0) is 17.0. The minimum atomic E-state index is -0.487. The van der Waals surface area contributed by atoms with Crippen molar-refractivity contribution in [1.82, 2.24) is 15.5 Å². The fourth-order valence-corrected chi connectivity index (χ4v) is 2.90. The Morgan fingerprint density at radius 2 is 1.83 bits per heavy atom. The van der Waals surface area contributed by atoms with Gasteiger partial charge in [-0.3, -0.25) is 4.79 Å². The van der Waals surface area contributed by atoms with E-state index >= 15 is 0 Å². The van der Waals surface area contributed by atoms with E-state index < -0.39 is 5.60 Å². The highest BCUT2D eigenvalue weighted by Crippen LogP contribution is 2.16. The van der Waals surface area contributed by atoms with Gasteiger partial charge in [-0.2, -0.15) is 0 Å². The van der Waals surface area contributed by atoms with Crippen LogP contribution in [0.3, 0.4) is 0 Å². The average Bonchev–Trinajstić information content (AvgIpc) is 2.46. The molecule has 2 heterocycles.